The predicted molar refractivity (Wildman–Crippen MR) is 65.9 cm³/mol. The molecule has 7 nitrogen and oxygen atoms in total. The Labute approximate surface area is 109 Å². The van der Waals surface area contributed by atoms with Crippen LogP contribution in [0.15, 0.2) is 22.6 Å². The SMILES string of the molecule is Cc1ccc(/C=C/C(=O)N(CC(N)=O)CC(=O)O)o1. The van der Waals surface area contributed by atoms with Gasteiger partial charge in [0.15, 0.2) is 0 Å². The highest BCUT2D eigenvalue weighted by atomic mass is 16.4. The molecule has 0 aliphatic carbocycles. The van der Waals surface area contributed by atoms with E-state index in [2.05, 4.69) is 0 Å². The fraction of sp³-hybridized carbons (Fsp3) is 0.250. The van der Waals surface area contributed by atoms with E-state index in [1.165, 1.54) is 6.08 Å². The molecular formula is C12H14N2O5. The molecule has 1 aromatic heterocycles. The summed E-state index contributed by atoms with van der Waals surface area (Å²) >= 11 is 0. The van der Waals surface area contributed by atoms with Crippen molar-refractivity contribution < 1.29 is 23.9 Å². The van der Waals surface area contributed by atoms with Gasteiger partial charge in [0.25, 0.3) is 0 Å². The van der Waals surface area contributed by atoms with Gasteiger partial charge in [-0.05, 0) is 25.1 Å². The zero-order chi connectivity index (χ0) is 14.4. The van der Waals surface area contributed by atoms with Crippen molar-refractivity contribution in [2.45, 2.75) is 6.92 Å². The molecule has 2 amide bonds. The molecule has 1 rings (SSSR count). The first-order valence-corrected chi connectivity index (χ1v) is 5.42. The van der Waals surface area contributed by atoms with Crippen LogP contribution in [0.3, 0.4) is 0 Å². The van der Waals surface area contributed by atoms with Gasteiger partial charge in [-0.15, -0.1) is 0 Å². The van der Waals surface area contributed by atoms with E-state index in [1.807, 2.05) is 0 Å². The van der Waals surface area contributed by atoms with E-state index in [4.69, 9.17) is 15.3 Å². The van der Waals surface area contributed by atoms with Crippen LogP contribution in [0.4, 0.5) is 0 Å². The molecule has 0 aromatic carbocycles. The third-order valence-electron chi connectivity index (χ3n) is 2.14. The van der Waals surface area contributed by atoms with Crippen molar-refractivity contribution in [2.24, 2.45) is 5.73 Å². The highest BCUT2D eigenvalue weighted by molar-refractivity contribution is 5.95. The Morgan fingerprint density at radius 3 is 2.53 bits per heavy atom. The molecule has 0 saturated heterocycles. The number of nitrogens with zero attached hydrogens (tertiary/aromatic N) is 1. The van der Waals surface area contributed by atoms with Crippen LogP contribution in [0.5, 0.6) is 0 Å². The first-order valence-electron chi connectivity index (χ1n) is 5.42. The fourth-order valence-electron chi connectivity index (χ4n) is 1.36. The summed E-state index contributed by atoms with van der Waals surface area (Å²) in [5.74, 6) is -1.49. The first kappa shape index (κ1) is 14.5. The van der Waals surface area contributed by atoms with E-state index in [-0.39, 0.29) is 0 Å². The molecule has 102 valence electrons. The summed E-state index contributed by atoms with van der Waals surface area (Å²) in [7, 11) is 0. The maximum Gasteiger partial charge on any atom is 0.323 e. The van der Waals surface area contributed by atoms with Gasteiger partial charge in [0.2, 0.25) is 11.8 Å². The normalized spacial score (nSPS) is 10.6. The van der Waals surface area contributed by atoms with E-state index < -0.39 is 30.9 Å². The van der Waals surface area contributed by atoms with Crippen molar-refractivity contribution in [3.8, 4) is 0 Å². The minimum absolute atomic E-state index is 0.452. The Kier molecular flexibility index (Phi) is 4.87. The van der Waals surface area contributed by atoms with Crippen molar-refractivity contribution in [3.05, 3.63) is 29.7 Å². The number of nitrogens with two attached hydrogens (primary N) is 1. The van der Waals surface area contributed by atoms with Gasteiger partial charge >= 0.3 is 5.97 Å². The van der Waals surface area contributed by atoms with Gasteiger partial charge in [0, 0.05) is 6.08 Å². The molecule has 0 fully saturated rings. The fourth-order valence-corrected chi connectivity index (χ4v) is 1.36. The number of rotatable bonds is 6. The molecule has 0 aliphatic heterocycles. The Morgan fingerprint density at radius 1 is 1.37 bits per heavy atom. The number of aliphatic carboxylic acids is 1. The van der Waals surface area contributed by atoms with Crippen molar-refractivity contribution in [1.82, 2.24) is 4.90 Å². The average molecular weight is 266 g/mol. The second-order valence-electron chi connectivity index (χ2n) is 3.84. The van der Waals surface area contributed by atoms with Crippen LogP contribution in [0.1, 0.15) is 11.5 Å². The summed E-state index contributed by atoms with van der Waals surface area (Å²) in [5, 5.41) is 8.65. The Hall–Kier alpha value is -2.57. The molecule has 7 heteroatoms. The maximum absolute atomic E-state index is 11.7. The van der Waals surface area contributed by atoms with Gasteiger partial charge in [-0.25, -0.2) is 0 Å². The van der Waals surface area contributed by atoms with Gasteiger partial charge in [0.1, 0.15) is 24.6 Å². The molecule has 1 heterocycles. The lowest BCUT2D eigenvalue weighted by atomic mass is 10.3. The number of hydrogen-bond donors (Lipinski definition) is 2. The molecular weight excluding hydrogens is 252 g/mol. The Bertz CT molecular complexity index is 502. The highest BCUT2D eigenvalue weighted by Gasteiger charge is 2.16. The van der Waals surface area contributed by atoms with Gasteiger partial charge in [-0.1, -0.05) is 0 Å². The predicted octanol–water partition coefficient (Wildman–Crippen LogP) is -0.000280. The van der Waals surface area contributed by atoms with Gasteiger partial charge < -0.3 is 20.2 Å². The third kappa shape index (κ3) is 5.07. The number of carbonyl (C=O) groups is 3. The number of amides is 2. The van der Waals surface area contributed by atoms with Gasteiger partial charge in [-0.2, -0.15) is 0 Å². The summed E-state index contributed by atoms with van der Waals surface area (Å²) < 4.78 is 5.21. The minimum atomic E-state index is -1.23. The summed E-state index contributed by atoms with van der Waals surface area (Å²) in [4.78, 5) is 33.9. The van der Waals surface area contributed by atoms with E-state index in [0.29, 0.717) is 11.5 Å². The standard InChI is InChI=1S/C12H14N2O5/c1-8-2-3-9(19-8)4-5-11(16)14(6-10(13)15)7-12(17)18/h2-5H,6-7H2,1H3,(H2,13,15)(H,17,18)/b5-4+. The zero-order valence-electron chi connectivity index (χ0n) is 10.3. The van der Waals surface area contributed by atoms with Crippen molar-refractivity contribution in [2.75, 3.05) is 13.1 Å². The summed E-state index contributed by atoms with van der Waals surface area (Å²) in [5.41, 5.74) is 4.95. The lowest BCUT2D eigenvalue weighted by Crippen LogP contribution is -2.40. The number of furan rings is 1. The van der Waals surface area contributed by atoms with Crippen molar-refractivity contribution in [1.29, 1.82) is 0 Å². The number of carboxylic acids is 1. The summed E-state index contributed by atoms with van der Waals surface area (Å²) in [6.07, 6.45) is 2.52. The van der Waals surface area contributed by atoms with Crippen LogP contribution in [0, 0.1) is 6.92 Å². The minimum Gasteiger partial charge on any atom is -0.480 e. The highest BCUT2D eigenvalue weighted by Crippen LogP contribution is 2.08. The first-order chi connectivity index (χ1) is 8.88. The number of primary amides is 1. The van der Waals surface area contributed by atoms with Crippen LogP contribution >= 0.6 is 0 Å². The smallest absolute Gasteiger partial charge is 0.323 e. The van der Waals surface area contributed by atoms with Crippen molar-refractivity contribution in [3.63, 3.8) is 0 Å². The number of carboxylic acid groups (broad SMARTS) is 1. The second kappa shape index (κ2) is 6.39. The molecule has 0 unspecified atom stereocenters. The molecule has 0 radical (unpaired) electrons. The van der Waals surface area contributed by atoms with Crippen LogP contribution in [0.2, 0.25) is 0 Å². The van der Waals surface area contributed by atoms with Crippen LogP contribution in [0.25, 0.3) is 6.08 Å². The van der Waals surface area contributed by atoms with E-state index >= 15 is 0 Å². The van der Waals surface area contributed by atoms with Crippen LogP contribution < -0.4 is 5.73 Å². The Morgan fingerprint density at radius 2 is 2.05 bits per heavy atom. The molecule has 19 heavy (non-hydrogen) atoms. The Balaban J connectivity index is 2.73. The van der Waals surface area contributed by atoms with E-state index in [0.717, 1.165) is 11.0 Å². The maximum atomic E-state index is 11.7. The molecule has 0 atom stereocenters. The molecule has 0 aliphatic rings. The molecule has 0 bridgehead atoms. The molecule has 0 spiro atoms. The monoisotopic (exact) mass is 266 g/mol. The lowest BCUT2D eigenvalue weighted by Gasteiger charge is -2.16. The second-order valence-corrected chi connectivity index (χ2v) is 3.84. The van der Waals surface area contributed by atoms with Crippen LogP contribution in [-0.4, -0.2) is 40.9 Å². The third-order valence-corrected chi connectivity index (χ3v) is 2.14. The largest absolute Gasteiger partial charge is 0.480 e. The van der Waals surface area contributed by atoms with Crippen LogP contribution in [-0.2, 0) is 14.4 Å². The quantitative estimate of drug-likeness (QED) is 0.703. The van der Waals surface area contributed by atoms with Gasteiger partial charge in [0.05, 0.1) is 0 Å². The number of carbonyl (C=O) groups excluding carboxylic acids is 2. The van der Waals surface area contributed by atoms with Crippen molar-refractivity contribution >= 4 is 23.9 Å². The average Bonchev–Trinajstić information content (AvgIpc) is 2.70. The summed E-state index contributed by atoms with van der Waals surface area (Å²) in [6.45, 7) is 0.707. The zero-order valence-corrected chi connectivity index (χ0v) is 10.3. The molecule has 3 N–H and O–H groups in total. The molecule has 1 aromatic rings. The lowest BCUT2D eigenvalue weighted by molar-refractivity contribution is -0.143. The topological polar surface area (TPSA) is 114 Å². The van der Waals surface area contributed by atoms with Gasteiger partial charge in [-0.3, -0.25) is 14.4 Å². The molecule has 0 saturated carbocycles. The summed E-state index contributed by atoms with van der Waals surface area (Å²) in [6, 6.07) is 3.39. The van der Waals surface area contributed by atoms with E-state index in [1.54, 1.807) is 19.1 Å². The number of aryl methyl sites for hydroxylation is 1. The van der Waals surface area contributed by atoms with E-state index in [9.17, 15) is 14.4 Å². The number of hydrogen-bond acceptors (Lipinski definition) is 4.